The van der Waals surface area contributed by atoms with Crippen LogP contribution in [0, 0.1) is 17.7 Å². The molecule has 5 nitrogen and oxygen atoms in total. The van der Waals surface area contributed by atoms with Crippen LogP contribution in [0.4, 0.5) is 4.39 Å². The fourth-order valence-electron chi connectivity index (χ4n) is 3.84. The Bertz CT molecular complexity index is 684. The summed E-state index contributed by atoms with van der Waals surface area (Å²) in [6, 6.07) is 6.50. The van der Waals surface area contributed by atoms with E-state index in [1.807, 2.05) is 0 Å². The van der Waals surface area contributed by atoms with Crippen LogP contribution >= 0.6 is 0 Å². The average molecular weight is 331 g/mol. The van der Waals surface area contributed by atoms with Crippen LogP contribution in [0.3, 0.4) is 0 Å². The Balaban J connectivity index is 1.37. The molecule has 24 heavy (non-hydrogen) atoms. The molecule has 4 rings (SSSR count). The highest BCUT2D eigenvalue weighted by atomic mass is 19.1. The van der Waals surface area contributed by atoms with Crippen molar-refractivity contribution in [1.29, 1.82) is 0 Å². The van der Waals surface area contributed by atoms with Gasteiger partial charge >= 0.3 is 0 Å². The molecule has 0 spiro atoms. The molecule has 0 radical (unpaired) electrons. The summed E-state index contributed by atoms with van der Waals surface area (Å²) in [6.07, 6.45) is 3.58. The largest absolute Gasteiger partial charge is 0.381 e. The first-order chi connectivity index (χ1) is 11.8. The van der Waals surface area contributed by atoms with Crippen LogP contribution in [0.1, 0.15) is 25.2 Å². The van der Waals surface area contributed by atoms with Gasteiger partial charge in [-0.05, 0) is 49.8 Å². The van der Waals surface area contributed by atoms with E-state index in [4.69, 9.17) is 9.26 Å². The topological polar surface area (TPSA) is 51.4 Å². The molecule has 3 heterocycles. The van der Waals surface area contributed by atoms with Gasteiger partial charge in [-0.1, -0.05) is 17.3 Å². The highest BCUT2D eigenvalue weighted by Gasteiger charge is 2.31. The molecule has 1 aromatic heterocycles. The third-order valence-corrected chi connectivity index (χ3v) is 5.18. The second-order valence-corrected chi connectivity index (χ2v) is 6.73. The maximum absolute atomic E-state index is 13.8. The van der Waals surface area contributed by atoms with Crippen molar-refractivity contribution in [3.05, 3.63) is 36.0 Å². The van der Waals surface area contributed by atoms with Crippen LogP contribution in [-0.4, -0.2) is 41.3 Å². The summed E-state index contributed by atoms with van der Waals surface area (Å²) in [5.41, 5.74) is 0.383. The lowest BCUT2D eigenvalue weighted by Gasteiger charge is -2.27. The van der Waals surface area contributed by atoms with Crippen molar-refractivity contribution in [1.82, 2.24) is 15.0 Å². The number of nitrogens with zero attached hydrogens (tertiary/aromatic N) is 3. The summed E-state index contributed by atoms with van der Waals surface area (Å²) in [4.78, 5) is 6.72. The zero-order chi connectivity index (χ0) is 16.4. The smallest absolute Gasteiger partial charge is 0.241 e. The molecule has 0 bridgehead atoms. The third-order valence-electron chi connectivity index (χ3n) is 5.18. The van der Waals surface area contributed by atoms with E-state index in [1.165, 1.54) is 25.3 Å². The molecular weight excluding hydrogens is 309 g/mol. The second kappa shape index (κ2) is 6.99. The molecule has 2 aliphatic rings. The van der Waals surface area contributed by atoms with Crippen molar-refractivity contribution in [2.75, 3.05) is 26.3 Å². The number of benzene rings is 1. The van der Waals surface area contributed by atoms with Crippen molar-refractivity contribution < 1.29 is 13.7 Å². The normalized spacial score (nSPS) is 23.0. The number of likely N-dealkylation sites (tertiary alicyclic amines) is 1. The van der Waals surface area contributed by atoms with Crippen LogP contribution < -0.4 is 0 Å². The number of ether oxygens (including phenoxy) is 1. The van der Waals surface area contributed by atoms with Crippen LogP contribution in [-0.2, 0) is 11.3 Å². The Morgan fingerprint density at radius 2 is 1.96 bits per heavy atom. The SMILES string of the molecule is Fc1ccccc1-c1noc(CN2CCC(C3CCOCC3)C2)n1. The number of aromatic nitrogens is 2. The van der Waals surface area contributed by atoms with Gasteiger partial charge in [-0.25, -0.2) is 4.39 Å². The van der Waals surface area contributed by atoms with Gasteiger partial charge in [-0.3, -0.25) is 4.90 Å². The predicted molar refractivity (Wildman–Crippen MR) is 86.6 cm³/mol. The van der Waals surface area contributed by atoms with E-state index in [2.05, 4.69) is 15.0 Å². The summed E-state index contributed by atoms with van der Waals surface area (Å²) in [5, 5.41) is 3.93. The summed E-state index contributed by atoms with van der Waals surface area (Å²) in [5.74, 6) is 2.07. The molecule has 1 aromatic carbocycles. The minimum absolute atomic E-state index is 0.322. The van der Waals surface area contributed by atoms with Crippen LogP contribution in [0.25, 0.3) is 11.4 Å². The molecule has 0 saturated carbocycles. The van der Waals surface area contributed by atoms with E-state index in [9.17, 15) is 4.39 Å². The zero-order valence-electron chi connectivity index (χ0n) is 13.7. The summed E-state index contributed by atoms with van der Waals surface area (Å²) in [7, 11) is 0. The van der Waals surface area contributed by atoms with E-state index < -0.39 is 0 Å². The van der Waals surface area contributed by atoms with Gasteiger partial charge in [0.05, 0.1) is 12.1 Å². The van der Waals surface area contributed by atoms with E-state index in [0.29, 0.717) is 23.8 Å². The second-order valence-electron chi connectivity index (χ2n) is 6.73. The Labute approximate surface area is 140 Å². The number of rotatable bonds is 4. The van der Waals surface area contributed by atoms with Crippen molar-refractivity contribution in [2.45, 2.75) is 25.8 Å². The van der Waals surface area contributed by atoms with Gasteiger partial charge in [-0.2, -0.15) is 4.98 Å². The minimum Gasteiger partial charge on any atom is -0.381 e. The number of hydrogen-bond donors (Lipinski definition) is 0. The lowest BCUT2D eigenvalue weighted by Crippen LogP contribution is -2.26. The van der Waals surface area contributed by atoms with Crippen LogP contribution in [0.2, 0.25) is 0 Å². The first-order valence-electron chi connectivity index (χ1n) is 8.67. The Morgan fingerprint density at radius 3 is 2.79 bits per heavy atom. The van der Waals surface area contributed by atoms with Crippen molar-refractivity contribution in [3.63, 3.8) is 0 Å². The fraction of sp³-hybridized carbons (Fsp3) is 0.556. The fourth-order valence-corrected chi connectivity index (χ4v) is 3.84. The standard InChI is InChI=1S/C18H22FN3O2/c19-16-4-2-1-3-15(16)18-20-17(24-21-18)12-22-8-5-14(11-22)13-6-9-23-10-7-13/h1-4,13-14H,5-12H2. The summed E-state index contributed by atoms with van der Waals surface area (Å²) >= 11 is 0. The van der Waals surface area contributed by atoms with E-state index in [1.54, 1.807) is 18.2 Å². The van der Waals surface area contributed by atoms with Gasteiger partial charge in [0.15, 0.2) is 0 Å². The minimum atomic E-state index is -0.328. The van der Waals surface area contributed by atoms with E-state index in [0.717, 1.165) is 38.1 Å². The molecule has 2 fully saturated rings. The maximum Gasteiger partial charge on any atom is 0.241 e. The van der Waals surface area contributed by atoms with Crippen molar-refractivity contribution >= 4 is 0 Å². The first kappa shape index (κ1) is 15.7. The first-order valence-corrected chi connectivity index (χ1v) is 8.67. The van der Waals surface area contributed by atoms with E-state index in [-0.39, 0.29) is 5.82 Å². The average Bonchev–Trinajstić information content (AvgIpc) is 3.26. The lowest BCUT2D eigenvalue weighted by molar-refractivity contribution is 0.0475. The van der Waals surface area contributed by atoms with Gasteiger partial charge in [-0.15, -0.1) is 0 Å². The molecule has 1 atom stereocenters. The molecule has 2 aromatic rings. The lowest BCUT2D eigenvalue weighted by atomic mass is 9.85. The molecule has 128 valence electrons. The molecule has 2 saturated heterocycles. The third kappa shape index (κ3) is 3.35. The zero-order valence-corrected chi connectivity index (χ0v) is 13.7. The molecule has 1 unspecified atom stereocenters. The van der Waals surface area contributed by atoms with Crippen LogP contribution in [0.15, 0.2) is 28.8 Å². The highest BCUT2D eigenvalue weighted by Crippen LogP contribution is 2.31. The highest BCUT2D eigenvalue weighted by molar-refractivity contribution is 5.54. The molecule has 0 aliphatic carbocycles. The molecule has 6 heteroatoms. The molecular formula is C18H22FN3O2. The molecule has 0 amide bonds. The Kier molecular flexibility index (Phi) is 4.58. The van der Waals surface area contributed by atoms with Crippen molar-refractivity contribution in [2.24, 2.45) is 11.8 Å². The number of halogens is 1. The molecule has 0 N–H and O–H groups in total. The van der Waals surface area contributed by atoms with Gasteiger partial charge in [0, 0.05) is 19.8 Å². The van der Waals surface area contributed by atoms with Gasteiger partial charge in [0.25, 0.3) is 0 Å². The van der Waals surface area contributed by atoms with Crippen molar-refractivity contribution in [3.8, 4) is 11.4 Å². The summed E-state index contributed by atoms with van der Waals surface area (Å²) in [6.45, 7) is 4.57. The monoisotopic (exact) mass is 331 g/mol. The van der Waals surface area contributed by atoms with Gasteiger partial charge in [0.2, 0.25) is 11.7 Å². The van der Waals surface area contributed by atoms with Crippen LogP contribution in [0.5, 0.6) is 0 Å². The number of hydrogen-bond acceptors (Lipinski definition) is 5. The predicted octanol–water partition coefficient (Wildman–Crippen LogP) is 3.12. The summed E-state index contributed by atoms with van der Waals surface area (Å²) < 4.78 is 24.6. The Hall–Kier alpha value is -1.79. The Morgan fingerprint density at radius 1 is 1.12 bits per heavy atom. The quantitative estimate of drug-likeness (QED) is 0.861. The van der Waals surface area contributed by atoms with Gasteiger partial charge in [0.1, 0.15) is 5.82 Å². The van der Waals surface area contributed by atoms with E-state index >= 15 is 0 Å². The van der Waals surface area contributed by atoms with Gasteiger partial charge < -0.3 is 9.26 Å². The maximum atomic E-state index is 13.8. The molecule has 2 aliphatic heterocycles.